The number of imidazole rings is 1. The van der Waals surface area contributed by atoms with Crippen LogP contribution in [0.3, 0.4) is 0 Å². The molecule has 3 aromatic heterocycles. The van der Waals surface area contributed by atoms with Gasteiger partial charge in [-0.1, -0.05) is 28.9 Å². The van der Waals surface area contributed by atoms with Crippen LogP contribution in [0.4, 0.5) is 5.69 Å². The van der Waals surface area contributed by atoms with Crippen molar-refractivity contribution in [1.29, 1.82) is 0 Å². The molecule has 0 saturated carbocycles. The molecule has 0 N–H and O–H groups in total. The summed E-state index contributed by atoms with van der Waals surface area (Å²) in [6, 6.07) is 14.5. The summed E-state index contributed by atoms with van der Waals surface area (Å²) in [4.78, 5) is 25.3. The second kappa shape index (κ2) is 9.39. The number of ether oxygens (including phenoxy) is 2. The number of rotatable bonds is 6. The maximum absolute atomic E-state index is 14.3. The standard InChI is InChI=1S/C28H26ClN7O3/c1-15(2)35-25-23(31-26(35)19-7-6-12-30-27(19)39-5)28(37)36(24(25)16-8-10-17(29)11-9-16)18-13-20-22(21(14-18)38-4)32-33-34(20)3/h6-15,24H,1-5H3/t24-/m0/s1. The number of carbonyl (C=O) groups is 1. The van der Waals surface area contributed by atoms with Crippen LogP contribution in [-0.2, 0) is 7.05 Å². The normalized spacial score (nSPS) is 14.9. The van der Waals surface area contributed by atoms with Gasteiger partial charge in [0.2, 0.25) is 5.88 Å². The second-order valence-corrected chi connectivity index (χ2v) is 9.99. The van der Waals surface area contributed by atoms with Crippen LogP contribution >= 0.6 is 11.6 Å². The predicted molar refractivity (Wildman–Crippen MR) is 148 cm³/mol. The number of amides is 1. The number of methoxy groups -OCH3 is 2. The summed E-state index contributed by atoms with van der Waals surface area (Å²) in [7, 11) is 4.95. The summed E-state index contributed by atoms with van der Waals surface area (Å²) in [5.41, 5.74) is 4.74. The fraction of sp³-hybridized carbons (Fsp3) is 0.250. The van der Waals surface area contributed by atoms with Crippen molar-refractivity contribution in [3.8, 4) is 23.0 Å². The highest BCUT2D eigenvalue weighted by atomic mass is 35.5. The maximum Gasteiger partial charge on any atom is 0.279 e. The molecule has 39 heavy (non-hydrogen) atoms. The van der Waals surface area contributed by atoms with Gasteiger partial charge in [0.1, 0.15) is 11.9 Å². The topological polar surface area (TPSA) is 100 Å². The van der Waals surface area contributed by atoms with Gasteiger partial charge in [0, 0.05) is 30.4 Å². The average Bonchev–Trinajstić information content (AvgIpc) is 3.60. The smallest absolute Gasteiger partial charge is 0.279 e. The van der Waals surface area contributed by atoms with E-state index in [1.807, 2.05) is 48.5 Å². The number of aromatic nitrogens is 6. The quantitative estimate of drug-likeness (QED) is 0.289. The summed E-state index contributed by atoms with van der Waals surface area (Å²) in [6.45, 7) is 4.13. The van der Waals surface area contributed by atoms with Gasteiger partial charge < -0.3 is 14.0 Å². The Labute approximate surface area is 229 Å². The zero-order chi connectivity index (χ0) is 27.4. The third kappa shape index (κ3) is 3.82. The van der Waals surface area contributed by atoms with Gasteiger partial charge >= 0.3 is 0 Å². The van der Waals surface area contributed by atoms with Gasteiger partial charge in [-0.25, -0.2) is 14.6 Å². The number of halogens is 1. The molecule has 0 radical (unpaired) electrons. The first kappa shape index (κ1) is 24.9. The van der Waals surface area contributed by atoms with Crippen molar-refractivity contribution in [1.82, 2.24) is 29.5 Å². The molecular formula is C28H26ClN7O3. The van der Waals surface area contributed by atoms with E-state index < -0.39 is 6.04 Å². The minimum absolute atomic E-state index is 0.0259. The first-order valence-electron chi connectivity index (χ1n) is 12.4. The highest BCUT2D eigenvalue weighted by Gasteiger charge is 2.45. The van der Waals surface area contributed by atoms with E-state index in [-0.39, 0.29) is 11.9 Å². The summed E-state index contributed by atoms with van der Waals surface area (Å²) in [5.74, 6) is 1.35. The van der Waals surface area contributed by atoms with Gasteiger partial charge in [-0.05, 0) is 49.7 Å². The van der Waals surface area contributed by atoms with E-state index in [9.17, 15) is 4.79 Å². The van der Waals surface area contributed by atoms with Crippen LogP contribution in [0.2, 0.25) is 5.02 Å². The number of benzene rings is 2. The number of pyridine rings is 1. The SMILES string of the molecule is COc1ncccc1-c1nc2c(n1C(C)C)[C@H](c1ccc(Cl)cc1)N(c1cc(OC)c3nnn(C)c3c1)C2=O. The molecule has 1 amide bonds. The maximum atomic E-state index is 14.3. The molecule has 11 heteroatoms. The molecule has 2 aromatic carbocycles. The molecule has 5 aromatic rings. The number of hydrogen-bond acceptors (Lipinski definition) is 7. The zero-order valence-electron chi connectivity index (χ0n) is 22.1. The molecule has 1 aliphatic heterocycles. The van der Waals surface area contributed by atoms with Crippen molar-refractivity contribution >= 4 is 34.2 Å². The van der Waals surface area contributed by atoms with Crippen molar-refractivity contribution in [2.45, 2.75) is 25.9 Å². The van der Waals surface area contributed by atoms with Crippen LogP contribution in [0, 0.1) is 0 Å². The number of nitrogens with zero attached hydrogens (tertiary/aromatic N) is 7. The lowest BCUT2D eigenvalue weighted by Crippen LogP contribution is -2.30. The molecule has 1 atom stereocenters. The van der Waals surface area contributed by atoms with E-state index in [4.69, 9.17) is 26.1 Å². The minimum Gasteiger partial charge on any atom is -0.494 e. The molecule has 10 nitrogen and oxygen atoms in total. The Bertz CT molecular complexity index is 1730. The van der Waals surface area contributed by atoms with Crippen molar-refractivity contribution < 1.29 is 14.3 Å². The monoisotopic (exact) mass is 543 g/mol. The Balaban J connectivity index is 1.63. The molecule has 0 bridgehead atoms. The fourth-order valence-electron chi connectivity index (χ4n) is 5.25. The third-order valence-electron chi connectivity index (χ3n) is 6.96. The number of carbonyl (C=O) groups excluding carboxylic acids is 1. The lowest BCUT2D eigenvalue weighted by molar-refractivity contribution is 0.0989. The first-order valence-corrected chi connectivity index (χ1v) is 12.8. The van der Waals surface area contributed by atoms with E-state index in [2.05, 4.69) is 33.7 Å². The summed E-state index contributed by atoms with van der Waals surface area (Å²) < 4.78 is 14.9. The molecule has 0 fully saturated rings. The number of aryl methyl sites for hydroxylation is 1. The highest BCUT2D eigenvalue weighted by Crippen LogP contribution is 2.46. The van der Waals surface area contributed by atoms with Gasteiger partial charge in [-0.15, -0.1) is 5.10 Å². The largest absolute Gasteiger partial charge is 0.494 e. The minimum atomic E-state index is -0.487. The molecule has 4 heterocycles. The number of fused-ring (bicyclic) bond motifs is 2. The highest BCUT2D eigenvalue weighted by molar-refractivity contribution is 6.30. The van der Waals surface area contributed by atoms with Gasteiger partial charge in [-0.3, -0.25) is 9.69 Å². The summed E-state index contributed by atoms with van der Waals surface area (Å²) in [5, 5.41) is 8.98. The number of hydrogen-bond donors (Lipinski definition) is 0. The molecule has 0 spiro atoms. The third-order valence-corrected chi connectivity index (χ3v) is 7.21. The van der Waals surface area contributed by atoms with Crippen LogP contribution < -0.4 is 14.4 Å². The lowest BCUT2D eigenvalue weighted by Gasteiger charge is -2.29. The Morgan fingerprint density at radius 2 is 1.82 bits per heavy atom. The molecular weight excluding hydrogens is 518 g/mol. The van der Waals surface area contributed by atoms with Gasteiger partial charge in [0.05, 0.1) is 36.7 Å². The van der Waals surface area contributed by atoms with E-state index >= 15 is 0 Å². The van der Waals surface area contributed by atoms with Crippen LogP contribution in [0.15, 0.2) is 54.7 Å². The number of anilines is 1. The Morgan fingerprint density at radius 1 is 1.05 bits per heavy atom. The van der Waals surface area contributed by atoms with Gasteiger partial charge in [0.25, 0.3) is 5.91 Å². The first-order chi connectivity index (χ1) is 18.8. The molecule has 0 aliphatic carbocycles. The summed E-state index contributed by atoms with van der Waals surface area (Å²) >= 11 is 6.26. The average molecular weight is 544 g/mol. The molecule has 6 rings (SSSR count). The van der Waals surface area contributed by atoms with Crippen molar-refractivity contribution in [3.05, 3.63) is 76.7 Å². The zero-order valence-corrected chi connectivity index (χ0v) is 22.8. The van der Waals surface area contributed by atoms with E-state index in [0.717, 1.165) is 16.8 Å². The van der Waals surface area contributed by atoms with Crippen molar-refractivity contribution in [2.24, 2.45) is 7.05 Å². The predicted octanol–water partition coefficient (Wildman–Crippen LogP) is 5.23. The van der Waals surface area contributed by atoms with Gasteiger partial charge in [-0.2, -0.15) is 0 Å². The Morgan fingerprint density at radius 3 is 2.51 bits per heavy atom. The van der Waals surface area contributed by atoms with Crippen LogP contribution in [0.25, 0.3) is 22.4 Å². The lowest BCUT2D eigenvalue weighted by atomic mass is 10.0. The van der Waals surface area contributed by atoms with Crippen LogP contribution in [0.5, 0.6) is 11.6 Å². The fourth-order valence-corrected chi connectivity index (χ4v) is 5.38. The van der Waals surface area contributed by atoms with Crippen molar-refractivity contribution in [3.63, 3.8) is 0 Å². The van der Waals surface area contributed by atoms with E-state index in [0.29, 0.717) is 44.9 Å². The molecule has 0 unspecified atom stereocenters. The molecule has 0 saturated heterocycles. The second-order valence-electron chi connectivity index (χ2n) is 9.55. The molecule has 1 aliphatic rings. The Kier molecular flexibility index (Phi) is 5.99. The van der Waals surface area contributed by atoms with Crippen LogP contribution in [0.1, 0.15) is 47.7 Å². The van der Waals surface area contributed by atoms with Crippen LogP contribution in [-0.4, -0.2) is 49.7 Å². The van der Waals surface area contributed by atoms with E-state index in [1.165, 1.54) is 0 Å². The van der Waals surface area contributed by atoms with Crippen molar-refractivity contribution in [2.75, 3.05) is 19.1 Å². The molecule has 198 valence electrons. The Hall–Kier alpha value is -4.44. The van der Waals surface area contributed by atoms with E-state index in [1.54, 1.807) is 37.0 Å². The summed E-state index contributed by atoms with van der Waals surface area (Å²) in [6.07, 6.45) is 1.67. The van der Waals surface area contributed by atoms with Gasteiger partial charge in [0.15, 0.2) is 17.0 Å².